The Morgan fingerprint density at radius 2 is 1.83 bits per heavy atom. The summed E-state index contributed by atoms with van der Waals surface area (Å²) in [7, 11) is 0. The number of aromatic nitrogens is 1. The van der Waals surface area contributed by atoms with E-state index in [1.807, 2.05) is 18.2 Å². The minimum absolute atomic E-state index is 0.163. The maximum Gasteiger partial charge on any atom is 0.250 e. The van der Waals surface area contributed by atoms with Crippen molar-refractivity contribution in [3.05, 3.63) is 48.7 Å². The molecule has 1 atom stereocenters. The average Bonchev–Trinajstić information content (AvgIpc) is 2.76. The van der Waals surface area contributed by atoms with Crippen LogP contribution >= 0.6 is 11.8 Å². The van der Waals surface area contributed by atoms with Gasteiger partial charge < -0.3 is 15.1 Å². The number of benzene rings is 1. The molecule has 7 nitrogen and oxygen atoms in total. The number of amides is 3. The first-order chi connectivity index (χ1) is 14.1. The molecular formula is C21H22N4O3S. The van der Waals surface area contributed by atoms with Crippen LogP contribution in [-0.2, 0) is 14.4 Å². The lowest BCUT2D eigenvalue weighted by molar-refractivity contribution is -0.135. The first-order valence-corrected chi connectivity index (χ1v) is 10.6. The van der Waals surface area contributed by atoms with E-state index in [2.05, 4.69) is 10.3 Å². The van der Waals surface area contributed by atoms with Gasteiger partial charge in [0.25, 0.3) is 5.91 Å². The predicted molar refractivity (Wildman–Crippen MR) is 112 cm³/mol. The molecule has 0 bridgehead atoms. The maximum atomic E-state index is 13.2. The van der Waals surface area contributed by atoms with Gasteiger partial charge in [-0.3, -0.25) is 14.4 Å². The van der Waals surface area contributed by atoms with Gasteiger partial charge in [0.15, 0.2) is 5.25 Å². The molecule has 3 amide bonds. The van der Waals surface area contributed by atoms with Crippen molar-refractivity contribution in [2.75, 3.05) is 29.9 Å². The van der Waals surface area contributed by atoms with Crippen LogP contribution in [0.15, 0.2) is 53.6 Å². The van der Waals surface area contributed by atoms with E-state index in [-0.39, 0.29) is 24.3 Å². The summed E-state index contributed by atoms with van der Waals surface area (Å²) in [6, 6.07) is 12.6. The Hall–Kier alpha value is -2.87. The van der Waals surface area contributed by atoms with Crippen LogP contribution in [0.4, 0.5) is 11.5 Å². The molecule has 1 N–H and O–H groups in total. The molecule has 0 saturated carbocycles. The number of hydrogen-bond acceptors (Lipinski definition) is 5. The first kappa shape index (κ1) is 19.4. The van der Waals surface area contributed by atoms with Crippen molar-refractivity contribution in [3.8, 4) is 0 Å². The van der Waals surface area contributed by atoms with Crippen LogP contribution in [0.25, 0.3) is 0 Å². The van der Waals surface area contributed by atoms with Gasteiger partial charge in [-0.25, -0.2) is 4.98 Å². The summed E-state index contributed by atoms with van der Waals surface area (Å²) in [5.74, 6) is -0.446. The van der Waals surface area contributed by atoms with E-state index in [0.717, 1.165) is 24.2 Å². The number of pyridine rings is 1. The number of likely N-dealkylation sites (tertiary alicyclic amines) is 1. The molecule has 2 aromatic rings. The molecule has 1 aromatic heterocycles. The Morgan fingerprint density at radius 3 is 2.59 bits per heavy atom. The van der Waals surface area contributed by atoms with Crippen molar-refractivity contribution in [1.82, 2.24) is 9.88 Å². The maximum absolute atomic E-state index is 13.2. The minimum atomic E-state index is -0.856. The summed E-state index contributed by atoms with van der Waals surface area (Å²) < 4.78 is 0. The number of anilines is 2. The second-order valence-corrected chi connectivity index (χ2v) is 8.19. The van der Waals surface area contributed by atoms with E-state index < -0.39 is 5.25 Å². The van der Waals surface area contributed by atoms with Crippen molar-refractivity contribution < 1.29 is 14.4 Å². The molecule has 0 unspecified atom stereocenters. The van der Waals surface area contributed by atoms with E-state index in [0.29, 0.717) is 24.6 Å². The average molecular weight is 410 g/mol. The summed E-state index contributed by atoms with van der Waals surface area (Å²) in [4.78, 5) is 46.9. The predicted octanol–water partition coefficient (Wildman–Crippen LogP) is 2.54. The number of piperidine rings is 1. The van der Waals surface area contributed by atoms with Gasteiger partial charge >= 0.3 is 0 Å². The quantitative estimate of drug-likeness (QED) is 0.784. The van der Waals surface area contributed by atoms with Gasteiger partial charge in [0, 0.05) is 24.2 Å². The van der Waals surface area contributed by atoms with Gasteiger partial charge in [0.1, 0.15) is 12.4 Å². The van der Waals surface area contributed by atoms with Crippen LogP contribution in [0.5, 0.6) is 0 Å². The second-order valence-electron chi connectivity index (χ2n) is 7.04. The number of carbonyl (C=O) groups excluding carboxylic acids is 3. The van der Waals surface area contributed by atoms with E-state index in [1.54, 1.807) is 35.4 Å². The zero-order chi connectivity index (χ0) is 20.2. The van der Waals surface area contributed by atoms with E-state index in [1.165, 1.54) is 16.7 Å². The highest BCUT2D eigenvalue weighted by molar-refractivity contribution is 8.01. The molecule has 3 heterocycles. The zero-order valence-electron chi connectivity index (χ0n) is 15.9. The van der Waals surface area contributed by atoms with Gasteiger partial charge in [-0.15, -0.1) is 11.8 Å². The fourth-order valence-electron chi connectivity index (χ4n) is 3.58. The summed E-state index contributed by atoms with van der Waals surface area (Å²) in [5.41, 5.74) is 0.654. The smallest absolute Gasteiger partial charge is 0.250 e. The fraction of sp³-hybridized carbons (Fsp3) is 0.333. The van der Waals surface area contributed by atoms with Crippen LogP contribution in [0, 0.1) is 0 Å². The van der Waals surface area contributed by atoms with Crippen LogP contribution in [0.3, 0.4) is 0 Å². The van der Waals surface area contributed by atoms with Crippen molar-refractivity contribution in [2.24, 2.45) is 0 Å². The lowest BCUT2D eigenvalue weighted by atomic mass is 10.1. The lowest BCUT2D eigenvalue weighted by Crippen LogP contribution is -2.52. The molecule has 0 radical (unpaired) electrons. The summed E-state index contributed by atoms with van der Waals surface area (Å²) in [6.45, 7) is 1.20. The molecule has 4 rings (SSSR count). The molecule has 29 heavy (non-hydrogen) atoms. The minimum Gasteiger partial charge on any atom is -0.341 e. The third kappa shape index (κ3) is 4.27. The lowest BCUT2D eigenvalue weighted by Gasteiger charge is -2.36. The number of rotatable bonds is 4. The monoisotopic (exact) mass is 410 g/mol. The van der Waals surface area contributed by atoms with E-state index >= 15 is 0 Å². The van der Waals surface area contributed by atoms with Gasteiger partial charge in [0.05, 0.1) is 5.69 Å². The van der Waals surface area contributed by atoms with E-state index in [9.17, 15) is 14.4 Å². The number of nitrogens with zero attached hydrogens (tertiary/aromatic N) is 3. The largest absolute Gasteiger partial charge is 0.341 e. The van der Waals surface area contributed by atoms with Crippen molar-refractivity contribution in [3.63, 3.8) is 0 Å². The molecule has 1 fully saturated rings. The zero-order valence-corrected chi connectivity index (χ0v) is 16.7. The molecule has 150 valence electrons. The molecule has 8 heteroatoms. The molecule has 1 aromatic carbocycles. The van der Waals surface area contributed by atoms with Gasteiger partial charge in [-0.2, -0.15) is 0 Å². The highest BCUT2D eigenvalue weighted by Crippen LogP contribution is 2.39. The van der Waals surface area contributed by atoms with Crippen molar-refractivity contribution in [2.45, 2.75) is 29.4 Å². The highest BCUT2D eigenvalue weighted by Gasteiger charge is 2.40. The van der Waals surface area contributed by atoms with Crippen LogP contribution in [0.1, 0.15) is 19.3 Å². The van der Waals surface area contributed by atoms with Gasteiger partial charge in [-0.1, -0.05) is 18.2 Å². The summed E-state index contributed by atoms with van der Waals surface area (Å²) >= 11 is 1.28. The number of nitrogens with one attached hydrogen (secondary N) is 1. The molecule has 1 saturated heterocycles. The Balaban J connectivity index is 1.55. The van der Waals surface area contributed by atoms with Crippen molar-refractivity contribution >= 4 is 41.0 Å². The number of fused-ring (bicyclic) bond motifs is 1. The number of carbonyl (C=O) groups is 3. The third-order valence-corrected chi connectivity index (χ3v) is 6.26. The molecule has 0 spiro atoms. The standard InChI is InChI=1S/C21H22N4O3S/c26-18(23-17-10-4-5-11-22-17)14-25-15-8-2-3-9-16(15)29-19(21(25)28)20(27)24-12-6-1-7-13-24/h2-5,8-11,19H,1,6-7,12-14H2,(H,22,23,26)/t19-/m1/s1. The highest BCUT2D eigenvalue weighted by atomic mass is 32.2. The topological polar surface area (TPSA) is 82.6 Å². The molecular weight excluding hydrogens is 388 g/mol. The Bertz CT molecular complexity index is 915. The molecule has 0 aliphatic carbocycles. The van der Waals surface area contributed by atoms with Crippen LogP contribution in [0.2, 0.25) is 0 Å². The van der Waals surface area contributed by atoms with Crippen LogP contribution in [-0.4, -0.2) is 52.5 Å². The fourth-order valence-corrected chi connectivity index (χ4v) is 4.77. The second kappa shape index (κ2) is 8.65. The molecule has 2 aliphatic rings. The number of para-hydroxylation sites is 1. The Morgan fingerprint density at radius 1 is 1.07 bits per heavy atom. The Kier molecular flexibility index (Phi) is 5.80. The summed E-state index contributed by atoms with van der Waals surface area (Å²) in [5, 5.41) is 1.85. The van der Waals surface area contributed by atoms with Gasteiger partial charge in [0.2, 0.25) is 11.8 Å². The molecule has 2 aliphatic heterocycles. The van der Waals surface area contributed by atoms with Crippen molar-refractivity contribution in [1.29, 1.82) is 0 Å². The Labute approximate surface area is 173 Å². The van der Waals surface area contributed by atoms with E-state index in [4.69, 9.17) is 0 Å². The third-order valence-electron chi connectivity index (χ3n) is 5.02. The normalized spacial score (nSPS) is 18.9. The first-order valence-electron chi connectivity index (χ1n) is 9.70. The SMILES string of the molecule is O=C(CN1C(=O)[C@@H](C(=O)N2CCCCC2)Sc2ccccc21)Nc1ccccn1. The number of hydrogen-bond donors (Lipinski definition) is 1. The van der Waals surface area contributed by atoms with Crippen LogP contribution < -0.4 is 10.2 Å². The number of thioether (sulfide) groups is 1. The summed E-state index contributed by atoms with van der Waals surface area (Å²) in [6.07, 6.45) is 4.62. The van der Waals surface area contributed by atoms with Gasteiger partial charge in [-0.05, 0) is 43.5 Å².